The number of imidazole rings is 1. The van der Waals surface area contributed by atoms with Gasteiger partial charge in [0, 0.05) is 19.3 Å². The lowest BCUT2D eigenvalue weighted by molar-refractivity contribution is 0.0739. The molecule has 2 aromatic rings. The molecule has 0 spiro atoms. The first-order valence-corrected chi connectivity index (χ1v) is 8.15. The summed E-state index contributed by atoms with van der Waals surface area (Å²) in [7, 11) is 0. The Balaban J connectivity index is 1.48. The van der Waals surface area contributed by atoms with E-state index in [-0.39, 0.29) is 5.91 Å². The van der Waals surface area contributed by atoms with Crippen LogP contribution in [0.25, 0.3) is 0 Å². The fourth-order valence-corrected chi connectivity index (χ4v) is 2.70. The van der Waals surface area contributed by atoms with Crippen LogP contribution >= 0.6 is 0 Å². The molecule has 4 nitrogen and oxygen atoms in total. The van der Waals surface area contributed by atoms with Crippen molar-refractivity contribution in [3.63, 3.8) is 0 Å². The van der Waals surface area contributed by atoms with Gasteiger partial charge < -0.3 is 9.88 Å². The van der Waals surface area contributed by atoms with E-state index in [4.69, 9.17) is 0 Å². The number of benzene rings is 1. The second kappa shape index (κ2) is 7.25. The minimum absolute atomic E-state index is 0.0628. The Morgan fingerprint density at radius 3 is 2.73 bits per heavy atom. The van der Waals surface area contributed by atoms with Gasteiger partial charge in [-0.15, -0.1) is 0 Å². The standard InChI is InChI=1S/C18H23N3O/c22-18(17-12-19-14-20-17)21(13-16-9-10-16)11-5-4-8-15-6-2-1-3-7-15/h1-3,6-7,12,14,16H,4-5,8-11,13H2,(H,19,20). The zero-order valence-electron chi connectivity index (χ0n) is 12.9. The van der Waals surface area contributed by atoms with Crippen LogP contribution in [0.4, 0.5) is 0 Å². The van der Waals surface area contributed by atoms with E-state index in [1.807, 2.05) is 11.0 Å². The van der Waals surface area contributed by atoms with Gasteiger partial charge in [-0.05, 0) is 43.6 Å². The van der Waals surface area contributed by atoms with Crippen LogP contribution in [0.3, 0.4) is 0 Å². The van der Waals surface area contributed by atoms with Crippen molar-refractivity contribution < 1.29 is 4.79 Å². The number of aryl methyl sites for hydroxylation is 1. The highest BCUT2D eigenvalue weighted by atomic mass is 16.2. The highest BCUT2D eigenvalue weighted by molar-refractivity contribution is 5.92. The molecule has 1 aromatic carbocycles. The van der Waals surface area contributed by atoms with E-state index in [0.717, 1.165) is 32.4 Å². The minimum atomic E-state index is 0.0628. The summed E-state index contributed by atoms with van der Waals surface area (Å²) in [5.74, 6) is 0.768. The summed E-state index contributed by atoms with van der Waals surface area (Å²) in [4.78, 5) is 21.4. The number of aromatic nitrogens is 2. The van der Waals surface area contributed by atoms with Crippen LogP contribution in [-0.2, 0) is 6.42 Å². The van der Waals surface area contributed by atoms with Gasteiger partial charge in [-0.3, -0.25) is 4.79 Å². The Morgan fingerprint density at radius 2 is 2.05 bits per heavy atom. The molecule has 3 rings (SSSR count). The average molecular weight is 297 g/mol. The summed E-state index contributed by atoms with van der Waals surface area (Å²) in [6, 6.07) is 10.5. The Kier molecular flexibility index (Phi) is 4.88. The van der Waals surface area contributed by atoms with Gasteiger partial charge >= 0.3 is 0 Å². The molecule has 1 aromatic heterocycles. The third-order valence-electron chi connectivity index (χ3n) is 4.17. The summed E-state index contributed by atoms with van der Waals surface area (Å²) in [6.07, 6.45) is 9.00. The SMILES string of the molecule is O=C(c1c[nH]cn1)N(CCCCc1ccccc1)CC1CC1. The first-order chi connectivity index (χ1) is 10.8. The summed E-state index contributed by atoms with van der Waals surface area (Å²) < 4.78 is 0. The largest absolute Gasteiger partial charge is 0.350 e. The number of H-pyrrole nitrogens is 1. The second-order valence-corrected chi connectivity index (χ2v) is 6.09. The summed E-state index contributed by atoms with van der Waals surface area (Å²) in [6.45, 7) is 1.71. The first kappa shape index (κ1) is 14.8. The van der Waals surface area contributed by atoms with Gasteiger partial charge in [-0.2, -0.15) is 0 Å². The molecule has 1 fully saturated rings. The van der Waals surface area contributed by atoms with Crippen LogP contribution in [0.5, 0.6) is 0 Å². The van der Waals surface area contributed by atoms with Crippen molar-refractivity contribution in [2.45, 2.75) is 32.1 Å². The van der Waals surface area contributed by atoms with Crippen molar-refractivity contribution in [3.05, 3.63) is 54.1 Å². The molecule has 0 saturated heterocycles. The highest BCUT2D eigenvalue weighted by Crippen LogP contribution is 2.30. The second-order valence-electron chi connectivity index (χ2n) is 6.09. The van der Waals surface area contributed by atoms with E-state index < -0.39 is 0 Å². The van der Waals surface area contributed by atoms with Gasteiger partial charge in [0.05, 0.1) is 6.33 Å². The quantitative estimate of drug-likeness (QED) is 0.760. The third kappa shape index (κ3) is 4.20. The smallest absolute Gasteiger partial charge is 0.274 e. The van der Waals surface area contributed by atoms with Gasteiger partial charge in [0.15, 0.2) is 0 Å². The maximum absolute atomic E-state index is 12.5. The lowest BCUT2D eigenvalue weighted by Crippen LogP contribution is -2.34. The number of amides is 1. The Labute approximate surface area is 131 Å². The molecule has 22 heavy (non-hydrogen) atoms. The van der Waals surface area contributed by atoms with Crippen LogP contribution in [0.1, 0.15) is 41.7 Å². The van der Waals surface area contributed by atoms with Crippen LogP contribution < -0.4 is 0 Å². The molecule has 1 aliphatic carbocycles. The molecule has 1 amide bonds. The third-order valence-corrected chi connectivity index (χ3v) is 4.17. The van der Waals surface area contributed by atoms with E-state index in [2.05, 4.69) is 34.2 Å². The monoisotopic (exact) mass is 297 g/mol. The molecule has 0 bridgehead atoms. The number of aromatic amines is 1. The molecule has 1 N–H and O–H groups in total. The molecule has 1 aliphatic rings. The fraction of sp³-hybridized carbons (Fsp3) is 0.444. The van der Waals surface area contributed by atoms with Gasteiger partial charge in [0.1, 0.15) is 5.69 Å². The number of carbonyl (C=O) groups is 1. The molecular formula is C18H23N3O. The molecule has 0 atom stereocenters. The molecule has 1 saturated carbocycles. The van der Waals surface area contributed by atoms with Crippen LogP contribution in [0.15, 0.2) is 42.9 Å². The number of nitrogens with one attached hydrogen (secondary N) is 1. The predicted octanol–water partition coefficient (Wildman–Crippen LogP) is 3.28. The highest BCUT2D eigenvalue weighted by Gasteiger charge is 2.27. The van der Waals surface area contributed by atoms with E-state index >= 15 is 0 Å². The minimum Gasteiger partial charge on any atom is -0.350 e. The lowest BCUT2D eigenvalue weighted by Gasteiger charge is -2.21. The van der Waals surface area contributed by atoms with E-state index in [9.17, 15) is 4.79 Å². The van der Waals surface area contributed by atoms with Crippen LogP contribution in [0.2, 0.25) is 0 Å². The summed E-state index contributed by atoms with van der Waals surface area (Å²) >= 11 is 0. The van der Waals surface area contributed by atoms with Crippen LogP contribution in [-0.4, -0.2) is 33.9 Å². The van der Waals surface area contributed by atoms with Crippen molar-refractivity contribution in [2.24, 2.45) is 5.92 Å². The van der Waals surface area contributed by atoms with E-state index in [1.165, 1.54) is 18.4 Å². The average Bonchev–Trinajstić information content (AvgIpc) is 3.20. The Morgan fingerprint density at radius 1 is 1.23 bits per heavy atom. The Bertz CT molecular complexity index is 576. The number of hydrogen-bond acceptors (Lipinski definition) is 2. The fourth-order valence-electron chi connectivity index (χ4n) is 2.70. The van der Waals surface area contributed by atoms with Gasteiger partial charge in [0.2, 0.25) is 0 Å². The molecule has 4 heteroatoms. The van der Waals surface area contributed by atoms with Gasteiger partial charge in [-0.25, -0.2) is 4.98 Å². The van der Waals surface area contributed by atoms with Crippen LogP contribution in [0, 0.1) is 5.92 Å². The molecule has 0 aliphatic heterocycles. The van der Waals surface area contributed by atoms with E-state index in [0.29, 0.717) is 11.6 Å². The summed E-state index contributed by atoms with van der Waals surface area (Å²) in [5.41, 5.74) is 1.90. The normalized spacial score (nSPS) is 14.0. The molecular weight excluding hydrogens is 274 g/mol. The number of unbranched alkanes of at least 4 members (excludes halogenated alkanes) is 1. The molecule has 0 radical (unpaired) electrons. The van der Waals surface area contributed by atoms with Crippen molar-refractivity contribution in [1.29, 1.82) is 0 Å². The topological polar surface area (TPSA) is 49.0 Å². The van der Waals surface area contributed by atoms with Gasteiger partial charge in [-0.1, -0.05) is 30.3 Å². The zero-order valence-corrected chi connectivity index (χ0v) is 12.9. The van der Waals surface area contributed by atoms with Crippen molar-refractivity contribution in [3.8, 4) is 0 Å². The number of rotatable bonds is 8. The van der Waals surface area contributed by atoms with E-state index in [1.54, 1.807) is 12.5 Å². The van der Waals surface area contributed by atoms with Gasteiger partial charge in [0.25, 0.3) is 5.91 Å². The van der Waals surface area contributed by atoms with Crippen molar-refractivity contribution >= 4 is 5.91 Å². The molecule has 116 valence electrons. The maximum atomic E-state index is 12.5. The predicted molar refractivity (Wildman–Crippen MR) is 86.6 cm³/mol. The lowest BCUT2D eigenvalue weighted by atomic mass is 10.1. The number of nitrogens with zero attached hydrogens (tertiary/aromatic N) is 2. The number of carbonyl (C=O) groups excluding carboxylic acids is 1. The first-order valence-electron chi connectivity index (χ1n) is 8.15. The van der Waals surface area contributed by atoms with Crippen molar-refractivity contribution in [2.75, 3.05) is 13.1 Å². The maximum Gasteiger partial charge on any atom is 0.274 e. The molecule has 1 heterocycles. The van der Waals surface area contributed by atoms with Crippen molar-refractivity contribution in [1.82, 2.24) is 14.9 Å². The Hall–Kier alpha value is -2.10. The zero-order chi connectivity index (χ0) is 15.2. The number of hydrogen-bond donors (Lipinski definition) is 1. The molecule has 0 unspecified atom stereocenters. The summed E-state index contributed by atoms with van der Waals surface area (Å²) in [5, 5.41) is 0.